The van der Waals surface area contributed by atoms with Crippen LogP contribution in [0.15, 0.2) is 79.4 Å². The number of benzene rings is 1. The van der Waals surface area contributed by atoms with Crippen LogP contribution in [0.1, 0.15) is 24.2 Å². The summed E-state index contributed by atoms with van der Waals surface area (Å²) >= 11 is 0. The molecular weight excluding hydrogens is 542 g/mol. The molecule has 0 atom stereocenters. The van der Waals surface area contributed by atoms with Crippen LogP contribution in [0.5, 0.6) is 0 Å². The van der Waals surface area contributed by atoms with Gasteiger partial charge in [0, 0.05) is 43.8 Å². The van der Waals surface area contributed by atoms with E-state index in [1.165, 1.54) is 10.4 Å². The number of nitrogens with zero attached hydrogens (tertiary/aromatic N) is 11. The Hall–Kier alpha value is -5.74. The van der Waals surface area contributed by atoms with Crippen LogP contribution in [-0.4, -0.2) is 68.5 Å². The van der Waals surface area contributed by atoms with Crippen LogP contribution in [0, 0.1) is 11.3 Å². The summed E-state index contributed by atoms with van der Waals surface area (Å²) in [5.74, 6) is 2.52. The Balaban J connectivity index is 1.12. The zero-order chi connectivity index (χ0) is 29.2. The number of anilines is 2. The summed E-state index contributed by atoms with van der Waals surface area (Å²) in [7, 11) is 0. The number of imidazole rings is 1. The number of hydrogen-bond donors (Lipinski definition) is 2. The topological polar surface area (TPSA) is 165 Å². The molecule has 7 rings (SSSR count). The number of nitrogens with two attached hydrogens (primary N) is 1. The first kappa shape index (κ1) is 26.2. The molecular formula is C30H27N13. The second-order valence-corrected chi connectivity index (χ2v) is 10.3. The maximum atomic E-state index is 9.05. The van der Waals surface area contributed by atoms with E-state index in [1.54, 1.807) is 30.9 Å². The molecule has 1 aromatic carbocycles. The SMILES string of the molecule is N#Cc1nccc(NC2CCN(Cc3ccc(-n4c(-c5cccnc5N)nc5ccc(-n6nccn6)nc54)cc3)CC2)n1. The molecule has 0 aliphatic carbocycles. The number of nitrogen functional groups attached to an aromatic ring is 1. The highest BCUT2D eigenvalue weighted by Crippen LogP contribution is 2.31. The van der Waals surface area contributed by atoms with E-state index in [-0.39, 0.29) is 5.82 Å². The molecule has 1 aliphatic heterocycles. The number of hydrogen-bond acceptors (Lipinski definition) is 11. The van der Waals surface area contributed by atoms with Gasteiger partial charge in [-0.05, 0) is 60.9 Å². The molecule has 43 heavy (non-hydrogen) atoms. The van der Waals surface area contributed by atoms with Crippen LogP contribution < -0.4 is 11.1 Å². The lowest BCUT2D eigenvalue weighted by Gasteiger charge is -2.32. The molecule has 13 heteroatoms. The zero-order valence-corrected chi connectivity index (χ0v) is 23.1. The first-order valence-corrected chi connectivity index (χ1v) is 13.9. The van der Waals surface area contributed by atoms with Crippen molar-refractivity contribution in [3.8, 4) is 29.0 Å². The van der Waals surface area contributed by atoms with Crippen molar-refractivity contribution < 1.29 is 0 Å². The van der Waals surface area contributed by atoms with Crippen LogP contribution in [0.3, 0.4) is 0 Å². The van der Waals surface area contributed by atoms with E-state index in [1.807, 2.05) is 34.9 Å². The maximum absolute atomic E-state index is 9.05. The van der Waals surface area contributed by atoms with Gasteiger partial charge in [-0.25, -0.2) is 24.9 Å². The lowest BCUT2D eigenvalue weighted by molar-refractivity contribution is 0.211. The predicted octanol–water partition coefficient (Wildman–Crippen LogP) is 3.38. The van der Waals surface area contributed by atoms with E-state index in [2.05, 4.69) is 59.6 Å². The van der Waals surface area contributed by atoms with Crippen LogP contribution in [0.4, 0.5) is 11.6 Å². The summed E-state index contributed by atoms with van der Waals surface area (Å²) < 4.78 is 2.00. The third-order valence-corrected chi connectivity index (χ3v) is 7.49. The van der Waals surface area contributed by atoms with Crippen molar-refractivity contribution in [1.29, 1.82) is 5.26 Å². The van der Waals surface area contributed by atoms with Crippen molar-refractivity contribution in [2.45, 2.75) is 25.4 Å². The van der Waals surface area contributed by atoms with Crippen LogP contribution >= 0.6 is 0 Å². The highest BCUT2D eigenvalue weighted by Gasteiger charge is 2.21. The van der Waals surface area contributed by atoms with Gasteiger partial charge in [0.25, 0.3) is 0 Å². The van der Waals surface area contributed by atoms with E-state index >= 15 is 0 Å². The van der Waals surface area contributed by atoms with Crippen molar-refractivity contribution in [2.24, 2.45) is 0 Å². The van der Waals surface area contributed by atoms with E-state index in [0.29, 0.717) is 35.0 Å². The molecule has 0 radical (unpaired) electrons. The minimum atomic E-state index is 0.178. The number of nitriles is 1. The molecule has 0 spiro atoms. The molecule has 0 amide bonds. The van der Waals surface area contributed by atoms with Gasteiger partial charge in [-0.15, -0.1) is 4.80 Å². The van der Waals surface area contributed by atoms with Crippen molar-refractivity contribution in [3.05, 3.63) is 90.8 Å². The van der Waals surface area contributed by atoms with Crippen LogP contribution in [0.25, 0.3) is 34.1 Å². The number of aromatic nitrogens is 9. The van der Waals surface area contributed by atoms with Crippen LogP contribution in [-0.2, 0) is 6.54 Å². The number of rotatable bonds is 7. The Bertz CT molecular complexity index is 1910. The molecule has 212 valence electrons. The molecule has 13 nitrogen and oxygen atoms in total. The number of nitrogens with one attached hydrogen (secondary N) is 1. The number of fused-ring (bicyclic) bond motifs is 1. The predicted molar refractivity (Wildman–Crippen MR) is 160 cm³/mol. The summed E-state index contributed by atoms with van der Waals surface area (Å²) in [6.45, 7) is 2.76. The van der Waals surface area contributed by atoms with Crippen molar-refractivity contribution >= 4 is 22.8 Å². The third kappa shape index (κ3) is 5.34. The summed E-state index contributed by atoms with van der Waals surface area (Å²) in [6.07, 6.45) is 8.48. The Morgan fingerprint density at radius 1 is 0.884 bits per heavy atom. The average molecular weight is 570 g/mol. The minimum absolute atomic E-state index is 0.178. The second-order valence-electron chi connectivity index (χ2n) is 10.3. The standard InChI is InChI=1S/C30H27N13/c31-18-26-33-13-9-25(39-26)37-21-10-16-41(17-11-21)19-20-3-5-22(6-4-20)42-29(23-2-1-12-34-28(23)32)38-24-7-8-27(40-30(24)42)43-35-14-15-36-43/h1-9,12-15,21H,10-11,16-17,19H2,(H2,32,34)(H,33,37,39). The van der Waals surface area contributed by atoms with Gasteiger partial charge in [0.05, 0.1) is 18.0 Å². The van der Waals surface area contributed by atoms with E-state index in [9.17, 15) is 0 Å². The zero-order valence-electron chi connectivity index (χ0n) is 23.1. The van der Waals surface area contributed by atoms with Gasteiger partial charge in [0.2, 0.25) is 5.82 Å². The van der Waals surface area contributed by atoms with Gasteiger partial charge in [-0.1, -0.05) is 12.1 Å². The molecule has 0 bridgehead atoms. The van der Waals surface area contributed by atoms with E-state index in [0.717, 1.165) is 49.2 Å². The van der Waals surface area contributed by atoms with Gasteiger partial charge >= 0.3 is 0 Å². The molecule has 6 heterocycles. The number of likely N-dealkylation sites (tertiary alicyclic amines) is 1. The molecule has 1 fully saturated rings. The lowest BCUT2D eigenvalue weighted by Crippen LogP contribution is -2.38. The monoisotopic (exact) mass is 569 g/mol. The fourth-order valence-corrected chi connectivity index (χ4v) is 5.37. The van der Waals surface area contributed by atoms with Crippen molar-refractivity contribution in [2.75, 3.05) is 24.1 Å². The Morgan fingerprint density at radius 3 is 2.47 bits per heavy atom. The Labute approximate surface area is 246 Å². The first-order valence-electron chi connectivity index (χ1n) is 13.9. The fourth-order valence-electron chi connectivity index (χ4n) is 5.37. The van der Waals surface area contributed by atoms with Gasteiger partial charge in [0.1, 0.15) is 23.2 Å². The lowest BCUT2D eigenvalue weighted by atomic mass is 10.0. The quantitative estimate of drug-likeness (QED) is 0.289. The minimum Gasteiger partial charge on any atom is -0.383 e. The average Bonchev–Trinajstić information content (AvgIpc) is 3.71. The molecule has 3 N–H and O–H groups in total. The maximum Gasteiger partial charge on any atom is 0.234 e. The summed E-state index contributed by atoms with van der Waals surface area (Å²) in [6, 6.07) is 20.1. The normalized spacial score (nSPS) is 14.1. The van der Waals surface area contributed by atoms with Gasteiger partial charge in [0.15, 0.2) is 17.3 Å². The highest BCUT2D eigenvalue weighted by molar-refractivity contribution is 5.83. The highest BCUT2D eigenvalue weighted by atomic mass is 15.5. The Morgan fingerprint density at radius 2 is 1.70 bits per heavy atom. The third-order valence-electron chi connectivity index (χ3n) is 7.49. The van der Waals surface area contributed by atoms with Crippen molar-refractivity contribution in [1.82, 2.24) is 49.4 Å². The van der Waals surface area contributed by atoms with Gasteiger partial charge in [-0.3, -0.25) is 9.47 Å². The molecule has 6 aromatic rings. The largest absolute Gasteiger partial charge is 0.383 e. The van der Waals surface area contributed by atoms with Gasteiger partial charge in [-0.2, -0.15) is 15.5 Å². The smallest absolute Gasteiger partial charge is 0.234 e. The summed E-state index contributed by atoms with van der Waals surface area (Å²) in [5, 5.41) is 21.0. The first-order chi connectivity index (χ1) is 21.1. The molecule has 0 unspecified atom stereocenters. The van der Waals surface area contributed by atoms with Gasteiger partial charge < -0.3 is 11.1 Å². The van der Waals surface area contributed by atoms with Crippen molar-refractivity contribution in [3.63, 3.8) is 0 Å². The second kappa shape index (κ2) is 11.3. The fraction of sp³-hybridized carbons (Fsp3) is 0.200. The number of piperidine rings is 1. The Kier molecular flexibility index (Phi) is 6.86. The summed E-state index contributed by atoms with van der Waals surface area (Å²) in [5.41, 5.74) is 10.5. The number of pyridine rings is 2. The molecule has 1 aliphatic rings. The summed E-state index contributed by atoms with van der Waals surface area (Å²) in [4.78, 5) is 26.2. The van der Waals surface area contributed by atoms with E-state index < -0.39 is 0 Å². The molecule has 1 saturated heterocycles. The van der Waals surface area contributed by atoms with E-state index in [4.69, 9.17) is 21.0 Å². The molecule has 0 saturated carbocycles. The van der Waals surface area contributed by atoms with Crippen LogP contribution in [0.2, 0.25) is 0 Å². The molecule has 5 aromatic heterocycles.